The van der Waals surface area contributed by atoms with E-state index in [0.717, 1.165) is 37.3 Å². The van der Waals surface area contributed by atoms with Gasteiger partial charge in [-0.15, -0.1) is 0 Å². The van der Waals surface area contributed by atoms with Gasteiger partial charge in [0.15, 0.2) is 17.6 Å². The van der Waals surface area contributed by atoms with Gasteiger partial charge in [-0.1, -0.05) is 66.7 Å². The van der Waals surface area contributed by atoms with E-state index in [1.165, 1.54) is 5.56 Å². The van der Waals surface area contributed by atoms with E-state index in [1.807, 2.05) is 54.6 Å². The standard InChI is InChI=1S/C26H28N2O3/c1-29-22-13-8-14-23(30-19-21-11-6-3-7-12-21)25(22)31-24(26-27-17-18-28-26)16-15-20-9-4-2-5-10-20/h2-14,24H,15-19H2,1H3,(H,27,28). The Bertz CT molecular complexity index is 990. The molecule has 0 radical (unpaired) electrons. The predicted octanol–water partition coefficient (Wildman–Crippen LogP) is 4.66. The number of methoxy groups -OCH3 is 1. The summed E-state index contributed by atoms with van der Waals surface area (Å²) in [7, 11) is 1.65. The summed E-state index contributed by atoms with van der Waals surface area (Å²) in [6.45, 7) is 2.06. The average Bonchev–Trinajstić information content (AvgIpc) is 3.37. The smallest absolute Gasteiger partial charge is 0.204 e. The number of ether oxygens (including phenoxy) is 3. The number of hydrogen-bond donors (Lipinski definition) is 1. The summed E-state index contributed by atoms with van der Waals surface area (Å²) in [6.07, 6.45) is 1.48. The van der Waals surface area contributed by atoms with E-state index in [-0.39, 0.29) is 6.10 Å². The van der Waals surface area contributed by atoms with E-state index < -0.39 is 0 Å². The molecule has 0 aromatic heterocycles. The van der Waals surface area contributed by atoms with Crippen molar-refractivity contribution < 1.29 is 14.2 Å². The molecule has 31 heavy (non-hydrogen) atoms. The summed E-state index contributed by atoms with van der Waals surface area (Å²) < 4.78 is 18.2. The summed E-state index contributed by atoms with van der Waals surface area (Å²) in [4.78, 5) is 4.62. The number of para-hydroxylation sites is 1. The normalized spacial score (nSPS) is 13.8. The highest BCUT2D eigenvalue weighted by Crippen LogP contribution is 2.38. The third-order valence-electron chi connectivity index (χ3n) is 5.20. The quantitative estimate of drug-likeness (QED) is 0.522. The Morgan fingerprint density at radius 2 is 1.58 bits per heavy atom. The molecule has 160 valence electrons. The van der Waals surface area contributed by atoms with Crippen LogP contribution in [0.3, 0.4) is 0 Å². The molecule has 3 aromatic rings. The Labute approximate surface area is 183 Å². The van der Waals surface area contributed by atoms with Crippen molar-refractivity contribution in [2.24, 2.45) is 4.99 Å². The van der Waals surface area contributed by atoms with Crippen molar-refractivity contribution in [1.82, 2.24) is 5.32 Å². The molecule has 3 aromatic carbocycles. The highest BCUT2D eigenvalue weighted by Gasteiger charge is 2.24. The van der Waals surface area contributed by atoms with Crippen molar-refractivity contribution in [3.8, 4) is 17.2 Å². The lowest BCUT2D eigenvalue weighted by atomic mass is 10.1. The zero-order chi connectivity index (χ0) is 21.3. The third-order valence-corrected chi connectivity index (χ3v) is 5.20. The molecule has 5 heteroatoms. The van der Waals surface area contributed by atoms with Crippen molar-refractivity contribution in [1.29, 1.82) is 0 Å². The Hall–Kier alpha value is -3.47. The summed E-state index contributed by atoms with van der Waals surface area (Å²) in [6, 6.07) is 26.2. The van der Waals surface area contributed by atoms with Gasteiger partial charge in [0.1, 0.15) is 12.4 Å². The largest absolute Gasteiger partial charge is 0.493 e. The van der Waals surface area contributed by atoms with Gasteiger partial charge in [-0.25, -0.2) is 0 Å². The van der Waals surface area contributed by atoms with Crippen LogP contribution in [0.4, 0.5) is 0 Å². The molecular weight excluding hydrogens is 388 g/mol. The van der Waals surface area contributed by atoms with Gasteiger partial charge in [-0.05, 0) is 36.1 Å². The van der Waals surface area contributed by atoms with Gasteiger partial charge in [0.25, 0.3) is 0 Å². The number of rotatable bonds is 10. The van der Waals surface area contributed by atoms with Gasteiger partial charge in [-0.3, -0.25) is 4.99 Å². The summed E-state index contributed by atoms with van der Waals surface area (Å²) >= 11 is 0. The van der Waals surface area contributed by atoms with Crippen LogP contribution in [0, 0.1) is 0 Å². The van der Waals surface area contributed by atoms with Crippen LogP contribution in [-0.4, -0.2) is 32.1 Å². The summed E-state index contributed by atoms with van der Waals surface area (Å²) in [5.74, 6) is 2.80. The Kier molecular flexibility index (Phi) is 7.06. The molecule has 0 aliphatic carbocycles. The summed E-state index contributed by atoms with van der Waals surface area (Å²) in [5, 5.41) is 3.37. The molecule has 1 heterocycles. The Morgan fingerprint density at radius 3 is 2.26 bits per heavy atom. The predicted molar refractivity (Wildman–Crippen MR) is 123 cm³/mol. The highest BCUT2D eigenvalue weighted by molar-refractivity contribution is 5.88. The van der Waals surface area contributed by atoms with Gasteiger partial charge < -0.3 is 19.5 Å². The first-order valence-corrected chi connectivity index (χ1v) is 10.7. The second-order valence-corrected chi connectivity index (χ2v) is 7.39. The number of nitrogens with zero attached hydrogens (tertiary/aromatic N) is 1. The summed E-state index contributed by atoms with van der Waals surface area (Å²) in [5.41, 5.74) is 2.37. The fourth-order valence-corrected chi connectivity index (χ4v) is 3.59. The van der Waals surface area contributed by atoms with Crippen LogP contribution in [0.1, 0.15) is 17.5 Å². The van der Waals surface area contributed by atoms with Crippen LogP contribution >= 0.6 is 0 Å². The van der Waals surface area contributed by atoms with Crippen molar-refractivity contribution in [2.75, 3.05) is 20.2 Å². The molecule has 0 bridgehead atoms. The van der Waals surface area contributed by atoms with Gasteiger partial charge in [-0.2, -0.15) is 0 Å². The van der Waals surface area contributed by atoms with E-state index in [4.69, 9.17) is 14.2 Å². The number of benzene rings is 3. The van der Waals surface area contributed by atoms with E-state index in [0.29, 0.717) is 23.9 Å². The molecule has 0 spiro atoms. The molecule has 1 atom stereocenters. The van der Waals surface area contributed by atoms with E-state index in [1.54, 1.807) is 7.11 Å². The second kappa shape index (κ2) is 10.5. The van der Waals surface area contributed by atoms with Crippen molar-refractivity contribution in [2.45, 2.75) is 25.6 Å². The number of nitrogens with one attached hydrogen (secondary N) is 1. The topological polar surface area (TPSA) is 52.1 Å². The second-order valence-electron chi connectivity index (χ2n) is 7.39. The lowest BCUT2D eigenvalue weighted by Gasteiger charge is -2.23. The maximum atomic E-state index is 6.52. The lowest BCUT2D eigenvalue weighted by Crippen LogP contribution is -2.36. The van der Waals surface area contributed by atoms with Crippen molar-refractivity contribution in [3.63, 3.8) is 0 Å². The van der Waals surface area contributed by atoms with Crippen LogP contribution < -0.4 is 19.5 Å². The number of aryl methyl sites for hydroxylation is 1. The van der Waals surface area contributed by atoms with Gasteiger partial charge in [0.2, 0.25) is 5.75 Å². The molecule has 0 saturated heterocycles. The van der Waals surface area contributed by atoms with Crippen LogP contribution in [0.2, 0.25) is 0 Å². The fourth-order valence-electron chi connectivity index (χ4n) is 3.59. The minimum absolute atomic E-state index is 0.210. The maximum Gasteiger partial charge on any atom is 0.204 e. The molecule has 0 fully saturated rings. The van der Waals surface area contributed by atoms with E-state index >= 15 is 0 Å². The molecule has 1 aliphatic heterocycles. The third kappa shape index (κ3) is 5.57. The first-order chi connectivity index (χ1) is 15.3. The Balaban J connectivity index is 1.54. The van der Waals surface area contributed by atoms with Crippen molar-refractivity contribution >= 4 is 5.84 Å². The molecule has 1 unspecified atom stereocenters. The van der Waals surface area contributed by atoms with Crippen LogP contribution in [-0.2, 0) is 13.0 Å². The Morgan fingerprint density at radius 1 is 0.871 bits per heavy atom. The van der Waals surface area contributed by atoms with Gasteiger partial charge in [0.05, 0.1) is 13.7 Å². The average molecular weight is 417 g/mol. The SMILES string of the molecule is COc1cccc(OCc2ccccc2)c1OC(CCc1ccccc1)C1=NCCN1. The van der Waals surface area contributed by atoms with Crippen LogP contribution in [0.5, 0.6) is 17.2 Å². The van der Waals surface area contributed by atoms with Crippen molar-refractivity contribution in [3.05, 3.63) is 90.0 Å². The first kappa shape index (κ1) is 20.8. The molecule has 4 rings (SSSR count). The first-order valence-electron chi connectivity index (χ1n) is 10.7. The molecule has 0 saturated carbocycles. The van der Waals surface area contributed by atoms with Gasteiger partial charge >= 0.3 is 0 Å². The molecule has 1 aliphatic rings. The minimum atomic E-state index is -0.210. The van der Waals surface area contributed by atoms with Crippen LogP contribution in [0.15, 0.2) is 83.9 Å². The maximum absolute atomic E-state index is 6.52. The number of hydrogen-bond acceptors (Lipinski definition) is 5. The zero-order valence-corrected chi connectivity index (χ0v) is 17.8. The minimum Gasteiger partial charge on any atom is -0.493 e. The molecular formula is C26H28N2O3. The zero-order valence-electron chi connectivity index (χ0n) is 17.8. The van der Waals surface area contributed by atoms with E-state index in [9.17, 15) is 0 Å². The molecule has 5 nitrogen and oxygen atoms in total. The number of amidine groups is 1. The highest BCUT2D eigenvalue weighted by atomic mass is 16.5. The molecule has 1 N–H and O–H groups in total. The number of aliphatic imine (C=N–C) groups is 1. The lowest BCUT2D eigenvalue weighted by molar-refractivity contribution is 0.216. The van der Waals surface area contributed by atoms with Crippen LogP contribution in [0.25, 0.3) is 0 Å². The van der Waals surface area contributed by atoms with E-state index in [2.05, 4.69) is 34.6 Å². The fraction of sp³-hybridized carbons (Fsp3) is 0.269. The monoisotopic (exact) mass is 416 g/mol. The van der Waals surface area contributed by atoms with Gasteiger partial charge in [0, 0.05) is 6.54 Å². The molecule has 0 amide bonds.